The summed E-state index contributed by atoms with van der Waals surface area (Å²) in [6, 6.07) is 9.55. The van der Waals surface area contributed by atoms with Gasteiger partial charge in [-0.1, -0.05) is 30.3 Å². The van der Waals surface area contributed by atoms with Crippen molar-refractivity contribution < 1.29 is 23.9 Å². The molecule has 0 saturated carbocycles. The third kappa shape index (κ3) is 5.31. The van der Waals surface area contributed by atoms with Crippen LogP contribution in [-0.2, 0) is 30.4 Å². The number of carbonyl (C=O) groups is 3. The van der Waals surface area contributed by atoms with Gasteiger partial charge in [0.05, 0.1) is 7.11 Å². The van der Waals surface area contributed by atoms with Gasteiger partial charge in [0, 0.05) is 32.4 Å². The zero-order chi connectivity index (χ0) is 18.3. The second-order valence-corrected chi connectivity index (χ2v) is 5.72. The molecule has 6 heteroatoms. The fourth-order valence-corrected chi connectivity index (χ4v) is 2.53. The molecule has 1 aromatic carbocycles. The predicted octanol–water partition coefficient (Wildman–Crippen LogP) is 2.05. The van der Waals surface area contributed by atoms with Crippen LogP contribution in [0.4, 0.5) is 0 Å². The van der Waals surface area contributed by atoms with Crippen LogP contribution < -0.4 is 5.32 Å². The monoisotopic (exact) mass is 343 g/mol. The van der Waals surface area contributed by atoms with E-state index in [2.05, 4.69) is 5.32 Å². The number of hydrogen-bond donors (Lipinski definition) is 1. The largest absolute Gasteiger partial charge is 0.493 e. The molecule has 1 N–H and O–H groups in total. The number of esters is 1. The van der Waals surface area contributed by atoms with E-state index in [0.717, 1.165) is 5.56 Å². The third-order valence-corrected chi connectivity index (χ3v) is 3.76. The molecule has 25 heavy (non-hydrogen) atoms. The first kappa shape index (κ1) is 18.4. The molecular weight excluding hydrogens is 322 g/mol. The van der Waals surface area contributed by atoms with Gasteiger partial charge in [0.1, 0.15) is 0 Å². The van der Waals surface area contributed by atoms with E-state index < -0.39 is 11.6 Å². The van der Waals surface area contributed by atoms with Crippen LogP contribution in [-0.4, -0.2) is 30.4 Å². The molecule has 0 radical (unpaired) electrons. The maximum atomic E-state index is 12.1. The Morgan fingerprint density at radius 2 is 1.92 bits per heavy atom. The second-order valence-electron chi connectivity index (χ2n) is 5.72. The lowest BCUT2D eigenvalue weighted by atomic mass is 9.91. The molecule has 1 atom stereocenters. The Labute approximate surface area is 146 Å². The Morgan fingerprint density at radius 1 is 1.20 bits per heavy atom. The lowest BCUT2D eigenvalue weighted by Gasteiger charge is -2.29. The van der Waals surface area contributed by atoms with Crippen LogP contribution in [0, 0.1) is 0 Å². The topological polar surface area (TPSA) is 81.7 Å². The highest BCUT2D eigenvalue weighted by atomic mass is 16.6. The lowest BCUT2D eigenvalue weighted by Crippen LogP contribution is -2.35. The molecule has 2 rings (SSSR count). The van der Waals surface area contributed by atoms with Crippen molar-refractivity contribution in [2.24, 2.45) is 0 Å². The van der Waals surface area contributed by atoms with Gasteiger partial charge in [0.25, 0.3) is 0 Å². The summed E-state index contributed by atoms with van der Waals surface area (Å²) in [4.78, 5) is 35.2. The molecule has 0 bridgehead atoms. The second kappa shape index (κ2) is 8.28. The van der Waals surface area contributed by atoms with E-state index in [1.54, 1.807) is 0 Å². The Kier molecular flexibility index (Phi) is 6.11. The number of allylic oxidation sites excluding steroid dienone is 1. The molecule has 132 valence electrons. The number of benzene rings is 1. The fourth-order valence-electron chi connectivity index (χ4n) is 2.53. The van der Waals surface area contributed by atoms with Gasteiger partial charge in [-0.3, -0.25) is 14.4 Å². The minimum Gasteiger partial charge on any atom is -0.493 e. The molecule has 0 saturated heterocycles. The molecular formula is C19H21NO5. The number of carbonyl (C=O) groups excluding carboxylic acids is 3. The van der Waals surface area contributed by atoms with Crippen LogP contribution in [0.5, 0.6) is 0 Å². The van der Waals surface area contributed by atoms with Gasteiger partial charge in [-0.05, 0) is 17.7 Å². The van der Waals surface area contributed by atoms with Crippen LogP contribution in [0.3, 0.4) is 0 Å². The molecule has 1 aliphatic rings. The summed E-state index contributed by atoms with van der Waals surface area (Å²) in [6.45, 7) is 1.70. The molecule has 0 fully saturated rings. The molecule has 0 aromatic heterocycles. The minimum atomic E-state index is -1.16. The maximum Gasteiger partial charge on any atom is 0.303 e. The van der Waals surface area contributed by atoms with Gasteiger partial charge >= 0.3 is 5.97 Å². The zero-order valence-electron chi connectivity index (χ0n) is 14.3. The molecule has 0 aliphatic heterocycles. The normalized spacial score (nSPS) is 19.1. The molecule has 0 heterocycles. The Hall–Kier alpha value is -2.89. The van der Waals surface area contributed by atoms with Crippen molar-refractivity contribution in [1.82, 2.24) is 5.32 Å². The first-order chi connectivity index (χ1) is 11.9. The van der Waals surface area contributed by atoms with Crippen LogP contribution in [0.15, 0.2) is 54.3 Å². The van der Waals surface area contributed by atoms with E-state index in [4.69, 9.17) is 9.47 Å². The first-order valence-corrected chi connectivity index (χ1v) is 7.95. The third-order valence-electron chi connectivity index (χ3n) is 3.76. The summed E-state index contributed by atoms with van der Waals surface area (Å²) in [5, 5.41) is 2.82. The number of ketones is 1. The van der Waals surface area contributed by atoms with Crippen LogP contribution in [0.2, 0.25) is 0 Å². The Balaban J connectivity index is 1.99. The van der Waals surface area contributed by atoms with E-state index in [1.165, 1.54) is 32.3 Å². The van der Waals surface area contributed by atoms with Crippen LogP contribution >= 0.6 is 0 Å². The van der Waals surface area contributed by atoms with Crippen LogP contribution in [0.1, 0.15) is 25.3 Å². The van der Waals surface area contributed by atoms with Gasteiger partial charge in [0.15, 0.2) is 11.4 Å². The van der Waals surface area contributed by atoms with Gasteiger partial charge in [-0.15, -0.1) is 0 Å². The highest BCUT2D eigenvalue weighted by Gasteiger charge is 2.34. The van der Waals surface area contributed by atoms with Crippen molar-refractivity contribution in [3.05, 3.63) is 59.9 Å². The van der Waals surface area contributed by atoms with Crippen molar-refractivity contribution in [3.8, 4) is 0 Å². The van der Waals surface area contributed by atoms with Gasteiger partial charge in [0.2, 0.25) is 11.7 Å². The van der Waals surface area contributed by atoms with E-state index >= 15 is 0 Å². The summed E-state index contributed by atoms with van der Waals surface area (Å²) in [5.74, 6) is -0.893. The summed E-state index contributed by atoms with van der Waals surface area (Å²) >= 11 is 0. The average molecular weight is 343 g/mol. The molecule has 1 amide bonds. The van der Waals surface area contributed by atoms with Gasteiger partial charge < -0.3 is 14.8 Å². The van der Waals surface area contributed by atoms with Gasteiger partial charge in [-0.2, -0.15) is 0 Å². The van der Waals surface area contributed by atoms with E-state index in [-0.39, 0.29) is 30.3 Å². The SMILES string of the molecule is COC1=CC(CCC(=O)NCc2ccccc2)(OC(C)=O)C=CC1=O. The highest BCUT2D eigenvalue weighted by molar-refractivity contribution is 6.03. The number of hydrogen-bond acceptors (Lipinski definition) is 5. The molecule has 0 spiro atoms. The maximum absolute atomic E-state index is 12.1. The van der Waals surface area contributed by atoms with E-state index in [1.807, 2.05) is 30.3 Å². The Morgan fingerprint density at radius 3 is 2.56 bits per heavy atom. The molecule has 1 aliphatic carbocycles. The van der Waals surface area contributed by atoms with Crippen molar-refractivity contribution >= 4 is 17.7 Å². The lowest BCUT2D eigenvalue weighted by molar-refractivity contribution is -0.150. The van der Waals surface area contributed by atoms with Crippen molar-refractivity contribution in [1.29, 1.82) is 0 Å². The van der Waals surface area contributed by atoms with Crippen molar-refractivity contribution in [3.63, 3.8) is 0 Å². The number of amides is 1. The number of nitrogens with one attached hydrogen (secondary N) is 1. The summed E-state index contributed by atoms with van der Waals surface area (Å²) in [6.07, 6.45) is 4.57. The molecule has 1 unspecified atom stereocenters. The average Bonchev–Trinajstić information content (AvgIpc) is 2.60. The predicted molar refractivity (Wildman–Crippen MR) is 91.3 cm³/mol. The number of methoxy groups -OCH3 is 1. The molecule has 6 nitrogen and oxygen atoms in total. The summed E-state index contributed by atoms with van der Waals surface area (Å²) in [5.41, 5.74) is -0.162. The number of ether oxygens (including phenoxy) is 2. The van der Waals surface area contributed by atoms with E-state index in [0.29, 0.717) is 6.54 Å². The minimum absolute atomic E-state index is 0.0912. The quantitative estimate of drug-likeness (QED) is 0.766. The Bertz CT molecular complexity index is 708. The summed E-state index contributed by atoms with van der Waals surface area (Å²) < 4.78 is 10.4. The van der Waals surface area contributed by atoms with Crippen LogP contribution in [0.25, 0.3) is 0 Å². The smallest absolute Gasteiger partial charge is 0.303 e. The van der Waals surface area contributed by atoms with Crippen molar-refractivity contribution in [2.45, 2.75) is 31.9 Å². The van der Waals surface area contributed by atoms with Crippen molar-refractivity contribution in [2.75, 3.05) is 7.11 Å². The summed E-state index contributed by atoms with van der Waals surface area (Å²) in [7, 11) is 1.37. The number of rotatable bonds is 7. The zero-order valence-corrected chi connectivity index (χ0v) is 14.3. The van der Waals surface area contributed by atoms with Gasteiger partial charge in [-0.25, -0.2) is 0 Å². The molecule has 1 aromatic rings. The first-order valence-electron chi connectivity index (χ1n) is 7.95. The highest BCUT2D eigenvalue weighted by Crippen LogP contribution is 2.28. The van der Waals surface area contributed by atoms with E-state index in [9.17, 15) is 14.4 Å². The standard InChI is InChI=1S/C19H21NO5/c1-14(21)25-19(10-8-16(22)17(12-19)24-2)11-9-18(23)20-13-15-6-4-3-5-7-15/h3-8,10,12H,9,11,13H2,1-2H3,(H,20,23). The fraction of sp³-hybridized carbons (Fsp3) is 0.316.